The highest BCUT2D eigenvalue weighted by molar-refractivity contribution is 6.11. The van der Waals surface area contributed by atoms with Gasteiger partial charge in [0.15, 0.2) is 11.6 Å². The predicted octanol–water partition coefficient (Wildman–Crippen LogP) is 3.23. The first-order valence-electron chi connectivity index (χ1n) is 7.71. The van der Waals surface area contributed by atoms with Crippen LogP contribution in [0.2, 0.25) is 0 Å². The third kappa shape index (κ3) is 2.33. The standard InChI is InChI=1S/C19H16O6/c1-7-6-12-16(9(3)15(11(5)21)18(22)24-12)17-13(7)8(2)14(10(4)20)19(23)25-17/h6H,1-5H3. The maximum absolute atomic E-state index is 12.3. The Balaban J connectivity index is 2.70. The Kier molecular flexibility index (Phi) is 3.71. The van der Waals surface area contributed by atoms with Crippen LogP contribution in [-0.4, -0.2) is 11.6 Å². The largest absolute Gasteiger partial charge is 0.422 e. The van der Waals surface area contributed by atoms with Gasteiger partial charge < -0.3 is 8.83 Å². The second kappa shape index (κ2) is 5.51. The summed E-state index contributed by atoms with van der Waals surface area (Å²) in [6.07, 6.45) is 0. The van der Waals surface area contributed by atoms with Crippen LogP contribution in [0.4, 0.5) is 0 Å². The van der Waals surface area contributed by atoms with Gasteiger partial charge in [0.2, 0.25) is 0 Å². The molecule has 0 unspecified atom stereocenters. The van der Waals surface area contributed by atoms with Gasteiger partial charge in [0.1, 0.15) is 22.3 Å². The molecule has 0 fully saturated rings. The van der Waals surface area contributed by atoms with Crippen LogP contribution in [0.3, 0.4) is 0 Å². The van der Waals surface area contributed by atoms with Crippen LogP contribution < -0.4 is 11.3 Å². The quantitative estimate of drug-likeness (QED) is 0.404. The van der Waals surface area contributed by atoms with E-state index in [2.05, 4.69) is 0 Å². The molecule has 128 valence electrons. The van der Waals surface area contributed by atoms with Crippen LogP contribution in [0.1, 0.15) is 51.3 Å². The van der Waals surface area contributed by atoms with Crippen molar-refractivity contribution in [3.05, 3.63) is 54.7 Å². The molecule has 3 aromatic rings. The molecular weight excluding hydrogens is 324 g/mol. The molecule has 2 heterocycles. The molecule has 0 N–H and O–H groups in total. The van der Waals surface area contributed by atoms with Gasteiger partial charge >= 0.3 is 11.3 Å². The van der Waals surface area contributed by atoms with Crippen molar-refractivity contribution in [1.29, 1.82) is 0 Å². The molecule has 0 amide bonds. The highest BCUT2D eigenvalue weighted by atomic mass is 16.4. The second-order valence-corrected chi connectivity index (χ2v) is 6.16. The normalized spacial score (nSPS) is 11.2. The molecular formula is C19H16O6. The van der Waals surface area contributed by atoms with Gasteiger partial charge in [-0.15, -0.1) is 0 Å². The van der Waals surface area contributed by atoms with E-state index in [0.29, 0.717) is 27.5 Å². The van der Waals surface area contributed by atoms with Crippen molar-refractivity contribution in [2.45, 2.75) is 34.6 Å². The molecule has 2 aromatic heterocycles. The van der Waals surface area contributed by atoms with E-state index in [9.17, 15) is 19.2 Å². The van der Waals surface area contributed by atoms with Crippen molar-refractivity contribution in [2.75, 3.05) is 0 Å². The molecule has 6 nitrogen and oxygen atoms in total. The molecule has 3 rings (SSSR count). The van der Waals surface area contributed by atoms with Crippen LogP contribution in [0, 0.1) is 20.8 Å². The Morgan fingerprint density at radius 3 is 1.80 bits per heavy atom. The molecule has 0 spiro atoms. The zero-order chi connectivity index (χ0) is 18.6. The molecule has 0 bridgehead atoms. The SMILES string of the molecule is CC(=O)c1c(C)c2c(C)cc3oc(=O)c(C(C)=O)c(C)c3c2oc1=O. The summed E-state index contributed by atoms with van der Waals surface area (Å²) < 4.78 is 10.7. The van der Waals surface area contributed by atoms with Gasteiger partial charge in [-0.25, -0.2) is 9.59 Å². The number of carbonyl (C=O) groups is 2. The molecule has 1 aromatic carbocycles. The smallest absolute Gasteiger partial charge is 0.347 e. The fourth-order valence-corrected chi connectivity index (χ4v) is 3.43. The first-order valence-corrected chi connectivity index (χ1v) is 7.71. The van der Waals surface area contributed by atoms with Crippen LogP contribution in [0.15, 0.2) is 24.5 Å². The highest BCUT2D eigenvalue weighted by Crippen LogP contribution is 2.33. The van der Waals surface area contributed by atoms with Gasteiger partial charge in [-0.1, -0.05) is 0 Å². The molecule has 0 aliphatic heterocycles. The van der Waals surface area contributed by atoms with E-state index >= 15 is 0 Å². The van der Waals surface area contributed by atoms with Crippen molar-refractivity contribution in [3.63, 3.8) is 0 Å². The van der Waals surface area contributed by atoms with Gasteiger partial charge in [0, 0.05) is 5.39 Å². The third-order valence-electron chi connectivity index (χ3n) is 4.45. The second-order valence-electron chi connectivity index (χ2n) is 6.16. The molecule has 0 radical (unpaired) electrons. The molecule has 0 saturated carbocycles. The van der Waals surface area contributed by atoms with Gasteiger partial charge in [-0.2, -0.15) is 0 Å². The molecule has 0 aliphatic rings. The summed E-state index contributed by atoms with van der Waals surface area (Å²) in [7, 11) is 0. The number of Topliss-reactive ketones (excluding diaryl/α,β-unsaturated/α-hetero) is 2. The first kappa shape index (κ1) is 16.8. The molecule has 25 heavy (non-hydrogen) atoms. The Hall–Kier alpha value is -3.02. The summed E-state index contributed by atoms with van der Waals surface area (Å²) in [5.74, 6) is -0.810. The lowest BCUT2D eigenvalue weighted by Crippen LogP contribution is -2.16. The first-order chi connectivity index (χ1) is 11.6. The number of rotatable bonds is 2. The van der Waals surface area contributed by atoms with Crippen molar-refractivity contribution in [3.8, 4) is 0 Å². The average molecular weight is 340 g/mol. The summed E-state index contributed by atoms with van der Waals surface area (Å²) in [6.45, 7) is 7.64. The zero-order valence-electron chi connectivity index (χ0n) is 14.5. The third-order valence-corrected chi connectivity index (χ3v) is 4.45. The predicted molar refractivity (Wildman–Crippen MR) is 92.7 cm³/mol. The monoisotopic (exact) mass is 340 g/mol. The van der Waals surface area contributed by atoms with Crippen molar-refractivity contribution >= 4 is 33.5 Å². The Labute approximate surface area is 142 Å². The fourth-order valence-electron chi connectivity index (χ4n) is 3.43. The number of hydrogen-bond donors (Lipinski definition) is 0. The topological polar surface area (TPSA) is 94.6 Å². The number of aryl methyl sites for hydroxylation is 3. The average Bonchev–Trinajstić information content (AvgIpc) is 2.44. The lowest BCUT2D eigenvalue weighted by molar-refractivity contribution is 0.100. The van der Waals surface area contributed by atoms with Crippen LogP contribution in [0.25, 0.3) is 21.9 Å². The fraction of sp³-hybridized carbons (Fsp3) is 0.263. The number of carbonyl (C=O) groups excluding carboxylic acids is 2. The van der Waals surface area contributed by atoms with E-state index in [1.54, 1.807) is 26.8 Å². The van der Waals surface area contributed by atoms with E-state index in [1.165, 1.54) is 13.8 Å². The Morgan fingerprint density at radius 2 is 1.28 bits per heavy atom. The number of ketones is 2. The Morgan fingerprint density at radius 1 is 0.800 bits per heavy atom. The zero-order valence-corrected chi connectivity index (χ0v) is 14.5. The highest BCUT2D eigenvalue weighted by Gasteiger charge is 2.23. The maximum atomic E-state index is 12.3. The lowest BCUT2D eigenvalue weighted by atomic mass is 9.95. The van der Waals surface area contributed by atoms with E-state index in [1.807, 2.05) is 0 Å². The summed E-state index contributed by atoms with van der Waals surface area (Å²) in [6, 6.07) is 1.65. The van der Waals surface area contributed by atoms with Gasteiger partial charge in [0.25, 0.3) is 0 Å². The molecule has 6 heteroatoms. The van der Waals surface area contributed by atoms with Crippen LogP contribution in [-0.2, 0) is 0 Å². The molecule has 0 aliphatic carbocycles. The summed E-state index contributed by atoms with van der Waals surface area (Å²) in [5.41, 5.74) is 0.488. The van der Waals surface area contributed by atoms with E-state index in [4.69, 9.17) is 8.83 Å². The van der Waals surface area contributed by atoms with E-state index < -0.39 is 17.0 Å². The lowest BCUT2D eigenvalue weighted by Gasteiger charge is -2.12. The maximum Gasteiger partial charge on any atom is 0.347 e. The Bertz CT molecular complexity index is 1210. The summed E-state index contributed by atoms with van der Waals surface area (Å²) >= 11 is 0. The van der Waals surface area contributed by atoms with Gasteiger partial charge in [-0.05, 0) is 57.4 Å². The van der Waals surface area contributed by atoms with E-state index in [-0.39, 0.29) is 28.1 Å². The minimum atomic E-state index is -0.751. The van der Waals surface area contributed by atoms with Crippen LogP contribution in [0.5, 0.6) is 0 Å². The number of benzene rings is 1. The molecule has 0 saturated heterocycles. The van der Waals surface area contributed by atoms with Crippen molar-refractivity contribution in [1.82, 2.24) is 0 Å². The number of fused-ring (bicyclic) bond motifs is 3. The number of hydrogen-bond acceptors (Lipinski definition) is 6. The van der Waals surface area contributed by atoms with Gasteiger partial charge in [0.05, 0.1) is 5.39 Å². The van der Waals surface area contributed by atoms with Crippen molar-refractivity contribution < 1.29 is 18.4 Å². The summed E-state index contributed by atoms with van der Waals surface area (Å²) in [5, 5.41) is 0.990. The van der Waals surface area contributed by atoms with Crippen LogP contribution >= 0.6 is 0 Å². The van der Waals surface area contributed by atoms with Gasteiger partial charge in [-0.3, -0.25) is 9.59 Å². The minimum Gasteiger partial charge on any atom is -0.422 e. The minimum absolute atomic E-state index is 0.00298. The van der Waals surface area contributed by atoms with E-state index in [0.717, 1.165) is 0 Å². The molecule has 0 atom stereocenters. The summed E-state index contributed by atoms with van der Waals surface area (Å²) in [4.78, 5) is 48.0. The van der Waals surface area contributed by atoms with Crippen molar-refractivity contribution in [2.24, 2.45) is 0 Å².